The molecule has 7 nitrogen and oxygen atoms in total. The van der Waals surface area contributed by atoms with Crippen molar-refractivity contribution in [3.05, 3.63) is 90.3 Å². The number of aromatic nitrogens is 2. The fraction of sp³-hybridized carbons (Fsp3) is 0.312. The Kier molecular flexibility index (Phi) is 12.1. The number of hydrogen-bond acceptors (Lipinski definition) is 5. The molecular weight excluding hydrogens is 559 g/mol. The van der Waals surface area contributed by atoms with E-state index < -0.39 is 0 Å². The number of benzene rings is 3. The molecule has 0 atom stereocenters. The number of carbonyl (C=O) groups excluding carboxylic acids is 1. The largest absolute Gasteiger partial charge is 0.497 e. The number of methoxy groups -OCH3 is 1. The van der Waals surface area contributed by atoms with Crippen LogP contribution in [0.25, 0.3) is 16.6 Å². The van der Waals surface area contributed by atoms with E-state index >= 15 is 0 Å². The average molecular weight is 598 g/mol. The summed E-state index contributed by atoms with van der Waals surface area (Å²) in [5.41, 5.74) is 6.64. The fourth-order valence-corrected chi connectivity index (χ4v) is 5.13. The van der Waals surface area contributed by atoms with Gasteiger partial charge in [0.15, 0.2) is 6.61 Å². The number of imidazole rings is 1. The second kappa shape index (κ2) is 15.5. The van der Waals surface area contributed by atoms with Crippen molar-refractivity contribution < 1.29 is 14.3 Å². The number of anilines is 1. The number of hydrogen-bond donors (Lipinski definition) is 1. The van der Waals surface area contributed by atoms with E-state index in [4.69, 9.17) is 9.47 Å². The monoisotopic (exact) mass is 596 g/mol. The van der Waals surface area contributed by atoms with Crippen molar-refractivity contribution in [1.29, 1.82) is 0 Å². The Balaban J connectivity index is 0.00000231. The molecule has 3 aromatic carbocycles. The second-order valence-corrected chi connectivity index (χ2v) is 9.96. The molecule has 0 aliphatic carbocycles. The molecule has 1 aromatic heterocycles. The Morgan fingerprint density at radius 1 is 0.976 bits per heavy atom. The summed E-state index contributed by atoms with van der Waals surface area (Å²) in [5, 5.41) is 2.93. The molecule has 9 heteroatoms. The predicted molar refractivity (Wildman–Crippen MR) is 171 cm³/mol. The van der Waals surface area contributed by atoms with Gasteiger partial charge in [-0.05, 0) is 85.8 Å². The van der Waals surface area contributed by atoms with Crippen LogP contribution < -0.4 is 14.8 Å². The first-order valence-electron chi connectivity index (χ1n) is 13.6. The van der Waals surface area contributed by atoms with Crippen LogP contribution in [-0.4, -0.2) is 53.7 Å². The summed E-state index contributed by atoms with van der Waals surface area (Å²) >= 11 is 0. The number of nitrogens with one attached hydrogen (secondary N) is 1. The molecular formula is C32H38Cl2N4O3. The quantitative estimate of drug-likeness (QED) is 0.193. The average Bonchev–Trinajstić information content (AvgIpc) is 3.38. The molecule has 0 unspecified atom stereocenters. The van der Waals surface area contributed by atoms with Crippen molar-refractivity contribution >= 4 is 53.0 Å². The summed E-state index contributed by atoms with van der Waals surface area (Å²) in [6, 6.07) is 21.8. The maximum Gasteiger partial charge on any atom is 0.262 e. The van der Waals surface area contributed by atoms with Crippen molar-refractivity contribution in [3.63, 3.8) is 0 Å². The number of fused-ring (bicyclic) bond motifs is 1. The summed E-state index contributed by atoms with van der Waals surface area (Å²) in [4.78, 5) is 19.6. The van der Waals surface area contributed by atoms with E-state index in [0.29, 0.717) is 5.75 Å². The van der Waals surface area contributed by atoms with Gasteiger partial charge < -0.3 is 19.4 Å². The van der Waals surface area contributed by atoms with Gasteiger partial charge in [-0.25, -0.2) is 4.98 Å². The van der Waals surface area contributed by atoms with Crippen LogP contribution in [-0.2, 0) is 11.3 Å². The number of carbonyl (C=O) groups is 1. The molecule has 0 saturated heterocycles. The van der Waals surface area contributed by atoms with E-state index in [1.54, 1.807) is 31.4 Å². The third-order valence-corrected chi connectivity index (χ3v) is 7.18. The summed E-state index contributed by atoms with van der Waals surface area (Å²) < 4.78 is 13.0. The van der Waals surface area contributed by atoms with Gasteiger partial charge in [0.2, 0.25) is 0 Å². The smallest absolute Gasteiger partial charge is 0.262 e. The number of aryl methyl sites for hydroxylation is 2. The van der Waals surface area contributed by atoms with Gasteiger partial charge in [0.1, 0.15) is 11.5 Å². The molecule has 0 saturated carbocycles. The van der Waals surface area contributed by atoms with Crippen LogP contribution in [0.1, 0.15) is 30.4 Å². The SMILES string of the molecule is COc1ccc(OCC(=O)Nc2cc(C)c3c(c2)ncn3CCCCN2CC=C(c3ccccc3)CC2)cc1.Cl.Cl. The zero-order valence-corrected chi connectivity index (χ0v) is 25.2. The van der Waals surface area contributed by atoms with Crippen LogP contribution in [0.15, 0.2) is 79.1 Å². The normalized spacial score (nSPS) is 13.1. The molecule has 2 heterocycles. The lowest BCUT2D eigenvalue weighted by Gasteiger charge is -2.26. The first kappa shape index (κ1) is 32.0. The van der Waals surface area contributed by atoms with Gasteiger partial charge in [0.05, 0.1) is 24.5 Å². The Bertz CT molecular complexity index is 1440. The maximum atomic E-state index is 12.5. The van der Waals surface area contributed by atoms with Crippen LogP contribution in [0.4, 0.5) is 5.69 Å². The number of halogens is 2. The van der Waals surface area contributed by atoms with Crippen LogP contribution in [0.5, 0.6) is 11.5 Å². The van der Waals surface area contributed by atoms with E-state index in [1.807, 2.05) is 18.5 Å². The molecule has 218 valence electrons. The fourth-order valence-electron chi connectivity index (χ4n) is 5.13. The summed E-state index contributed by atoms with van der Waals surface area (Å²) in [6.07, 6.45) is 7.65. The molecule has 0 radical (unpaired) electrons. The number of unbranched alkanes of at least 4 members (excludes halogenated alkanes) is 1. The van der Waals surface area contributed by atoms with Crippen LogP contribution >= 0.6 is 24.8 Å². The molecule has 41 heavy (non-hydrogen) atoms. The zero-order valence-electron chi connectivity index (χ0n) is 23.5. The molecule has 1 N–H and O–H groups in total. The van der Waals surface area contributed by atoms with Crippen LogP contribution in [0, 0.1) is 6.92 Å². The van der Waals surface area contributed by atoms with Crippen molar-refractivity contribution in [3.8, 4) is 11.5 Å². The third-order valence-electron chi connectivity index (χ3n) is 7.18. The zero-order chi connectivity index (χ0) is 27.0. The summed E-state index contributed by atoms with van der Waals surface area (Å²) in [6.45, 7) is 6.17. The highest BCUT2D eigenvalue weighted by atomic mass is 35.5. The molecule has 1 aliphatic heterocycles. The Morgan fingerprint density at radius 2 is 1.71 bits per heavy atom. The van der Waals surface area contributed by atoms with Crippen molar-refractivity contribution in [1.82, 2.24) is 14.5 Å². The highest BCUT2D eigenvalue weighted by Crippen LogP contribution is 2.25. The van der Waals surface area contributed by atoms with E-state index in [0.717, 1.165) is 73.5 Å². The van der Waals surface area contributed by atoms with Gasteiger partial charge in [0, 0.05) is 25.3 Å². The molecule has 5 rings (SSSR count). The van der Waals surface area contributed by atoms with E-state index in [2.05, 4.69) is 63.1 Å². The van der Waals surface area contributed by atoms with Crippen LogP contribution in [0.2, 0.25) is 0 Å². The number of nitrogens with zero attached hydrogens (tertiary/aromatic N) is 3. The van der Waals surface area contributed by atoms with Gasteiger partial charge in [-0.2, -0.15) is 0 Å². The predicted octanol–water partition coefficient (Wildman–Crippen LogP) is 6.78. The van der Waals surface area contributed by atoms with Crippen molar-refractivity contribution in [2.75, 3.05) is 38.7 Å². The number of amides is 1. The molecule has 0 spiro atoms. The lowest BCUT2D eigenvalue weighted by Crippen LogP contribution is -2.29. The molecule has 4 aromatic rings. The van der Waals surface area contributed by atoms with Gasteiger partial charge in [-0.15, -0.1) is 24.8 Å². The van der Waals surface area contributed by atoms with E-state index in [-0.39, 0.29) is 37.3 Å². The van der Waals surface area contributed by atoms with Crippen molar-refractivity contribution in [2.45, 2.75) is 32.7 Å². The first-order valence-corrected chi connectivity index (χ1v) is 13.6. The van der Waals surface area contributed by atoms with Gasteiger partial charge in [-0.1, -0.05) is 36.4 Å². The minimum atomic E-state index is -0.215. The minimum Gasteiger partial charge on any atom is -0.497 e. The highest BCUT2D eigenvalue weighted by Gasteiger charge is 2.13. The van der Waals surface area contributed by atoms with E-state index in [9.17, 15) is 4.79 Å². The van der Waals surface area contributed by atoms with Crippen molar-refractivity contribution in [2.24, 2.45) is 0 Å². The topological polar surface area (TPSA) is 68.6 Å². The lowest BCUT2D eigenvalue weighted by molar-refractivity contribution is -0.118. The van der Waals surface area contributed by atoms with Crippen LogP contribution in [0.3, 0.4) is 0 Å². The number of rotatable bonds is 11. The lowest BCUT2D eigenvalue weighted by atomic mass is 9.99. The van der Waals surface area contributed by atoms with Gasteiger partial charge in [-0.3, -0.25) is 9.69 Å². The molecule has 0 fully saturated rings. The maximum absolute atomic E-state index is 12.5. The second-order valence-electron chi connectivity index (χ2n) is 9.96. The Morgan fingerprint density at radius 3 is 2.41 bits per heavy atom. The summed E-state index contributed by atoms with van der Waals surface area (Å²) in [5.74, 6) is 1.14. The summed E-state index contributed by atoms with van der Waals surface area (Å²) in [7, 11) is 1.61. The van der Waals surface area contributed by atoms with Gasteiger partial charge >= 0.3 is 0 Å². The standard InChI is InChI=1S/C32H36N4O3.2ClH/c1-24-20-27(34-31(37)22-39-29-12-10-28(38-2)11-13-29)21-30-32(24)36(23-33-30)17-7-6-16-35-18-14-26(15-19-35)25-8-4-3-5-9-25;;/h3-5,8-14,20-21,23H,6-7,15-19,22H2,1-2H3,(H,34,37);2*1H. The molecule has 1 amide bonds. The van der Waals surface area contributed by atoms with E-state index in [1.165, 1.54) is 11.1 Å². The third kappa shape index (κ3) is 8.49. The Hall–Kier alpha value is -3.52. The minimum absolute atomic E-state index is 0. The molecule has 1 aliphatic rings. The first-order chi connectivity index (χ1) is 19.1. The van der Waals surface area contributed by atoms with Gasteiger partial charge in [0.25, 0.3) is 5.91 Å². The Labute approximate surface area is 254 Å². The highest BCUT2D eigenvalue weighted by molar-refractivity contribution is 5.94. The molecule has 0 bridgehead atoms. The number of ether oxygens (including phenoxy) is 2.